The fraction of sp³-hybridized carbons (Fsp3) is 0.143. The van der Waals surface area contributed by atoms with Crippen molar-refractivity contribution in [1.29, 1.82) is 0 Å². The Morgan fingerprint density at radius 2 is 1.86 bits per heavy atom. The third-order valence-electron chi connectivity index (χ3n) is 3.90. The van der Waals surface area contributed by atoms with Gasteiger partial charge in [0, 0.05) is 17.8 Å². The normalized spacial score (nSPS) is 12.2. The number of aliphatic imine (C=N–C) groups is 1. The van der Waals surface area contributed by atoms with Crippen molar-refractivity contribution in [3.05, 3.63) is 80.2 Å². The Balaban J connectivity index is 2.11. The number of rotatable bonds is 5. The largest absolute Gasteiger partial charge is 0.506 e. The number of esters is 1. The summed E-state index contributed by atoms with van der Waals surface area (Å²) in [5, 5.41) is 10.5. The molecule has 0 unspecified atom stereocenters. The molecule has 2 aromatic heterocycles. The van der Waals surface area contributed by atoms with Gasteiger partial charge >= 0.3 is 17.2 Å². The molecule has 0 aliphatic carbocycles. The van der Waals surface area contributed by atoms with Crippen LogP contribution in [0.4, 0.5) is 5.69 Å². The quantitative estimate of drug-likeness (QED) is 0.305. The van der Waals surface area contributed by atoms with Crippen LogP contribution in [0.2, 0.25) is 0 Å². The first kappa shape index (κ1) is 19.8. The predicted molar refractivity (Wildman–Crippen MR) is 107 cm³/mol. The molecular formula is C21H17NO7. The number of benzene rings is 1. The molecule has 0 atom stereocenters. The van der Waals surface area contributed by atoms with E-state index in [1.807, 2.05) is 0 Å². The van der Waals surface area contributed by atoms with Crippen molar-refractivity contribution in [3.8, 4) is 0 Å². The van der Waals surface area contributed by atoms with Crippen LogP contribution in [0.15, 0.2) is 71.5 Å². The van der Waals surface area contributed by atoms with Gasteiger partial charge in [0.05, 0.1) is 6.61 Å². The van der Waals surface area contributed by atoms with Crippen molar-refractivity contribution in [2.75, 3.05) is 6.61 Å². The van der Waals surface area contributed by atoms with Gasteiger partial charge in [-0.2, -0.15) is 0 Å². The van der Waals surface area contributed by atoms with E-state index in [1.165, 1.54) is 12.1 Å². The molecule has 0 aliphatic heterocycles. The molecule has 1 N–H and O–H groups in total. The number of hydrogen-bond donors (Lipinski definition) is 1. The molecule has 8 heteroatoms. The Bertz CT molecular complexity index is 1230. The fourth-order valence-electron chi connectivity index (χ4n) is 2.55. The van der Waals surface area contributed by atoms with Crippen LogP contribution in [-0.4, -0.2) is 23.9 Å². The Kier molecular flexibility index (Phi) is 5.73. The molecule has 2 heterocycles. The molecular weight excluding hydrogens is 378 g/mol. The van der Waals surface area contributed by atoms with Crippen LogP contribution in [0, 0.1) is 6.92 Å². The number of aliphatic hydroxyl groups excluding tert-OH is 1. The molecule has 8 nitrogen and oxygen atoms in total. The summed E-state index contributed by atoms with van der Waals surface area (Å²) in [5.74, 6) is -0.895. The van der Waals surface area contributed by atoms with E-state index in [9.17, 15) is 19.5 Å². The molecule has 3 rings (SSSR count). The lowest BCUT2D eigenvalue weighted by Gasteiger charge is -2.06. The first-order valence-corrected chi connectivity index (χ1v) is 8.69. The highest BCUT2D eigenvalue weighted by Crippen LogP contribution is 2.19. The smallest absolute Gasteiger partial charge is 0.362 e. The van der Waals surface area contributed by atoms with Crippen LogP contribution < -0.4 is 11.3 Å². The van der Waals surface area contributed by atoms with E-state index in [4.69, 9.17) is 13.6 Å². The minimum atomic E-state index is -0.821. The minimum absolute atomic E-state index is 0.0243. The van der Waals surface area contributed by atoms with E-state index in [0.717, 1.165) is 6.21 Å². The summed E-state index contributed by atoms with van der Waals surface area (Å²) in [6.45, 7) is 3.25. The monoisotopic (exact) mass is 395 g/mol. The zero-order valence-corrected chi connectivity index (χ0v) is 15.7. The summed E-state index contributed by atoms with van der Waals surface area (Å²) in [4.78, 5) is 40.4. The van der Waals surface area contributed by atoms with E-state index in [-0.39, 0.29) is 34.6 Å². The molecule has 0 spiro atoms. The number of nitrogens with zero attached hydrogens (tertiary/aromatic N) is 1. The molecule has 0 amide bonds. The topological polar surface area (TPSA) is 119 Å². The summed E-state index contributed by atoms with van der Waals surface area (Å²) in [7, 11) is 0. The molecule has 0 saturated carbocycles. The van der Waals surface area contributed by atoms with Crippen LogP contribution in [0.5, 0.6) is 0 Å². The van der Waals surface area contributed by atoms with E-state index in [0.29, 0.717) is 11.3 Å². The summed E-state index contributed by atoms with van der Waals surface area (Å²) in [5.41, 5.74) is -1.57. The molecule has 0 radical (unpaired) electrons. The van der Waals surface area contributed by atoms with Crippen molar-refractivity contribution in [1.82, 2.24) is 0 Å². The molecule has 0 saturated heterocycles. The lowest BCUT2D eigenvalue weighted by atomic mass is 10.1. The number of aryl methyl sites for hydroxylation is 1. The van der Waals surface area contributed by atoms with Gasteiger partial charge in [-0.25, -0.2) is 19.4 Å². The summed E-state index contributed by atoms with van der Waals surface area (Å²) in [6, 6.07) is 10.9. The number of carbonyl (C=O) groups excluding carboxylic acids is 1. The third-order valence-corrected chi connectivity index (χ3v) is 3.90. The van der Waals surface area contributed by atoms with Crippen molar-refractivity contribution < 1.29 is 23.5 Å². The third kappa shape index (κ3) is 4.32. The maximum Gasteiger partial charge on any atom is 0.362 e. The maximum absolute atomic E-state index is 12.3. The first-order valence-electron chi connectivity index (χ1n) is 8.69. The highest BCUT2D eigenvalue weighted by Gasteiger charge is 2.17. The van der Waals surface area contributed by atoms with Crippen molar-refractivity contribution >= 4 is 34.6 Å². The zero-order valence-electron chi connectivity index (χ0n) is 15.7. The van der Waals surface area contributed by atoms with Gasteiger partial charge < -0.3 is 18.7 Å². The standard InChI is InChI=1S/C21H17NO7/c1-3-27-19(24)15(18(23)13-7-5-4-6-8-13)11-22-16-10-14-17(29-21(16)26)9-12(2)28-20(14)25/h4-11,23H,3H2,1-2H3/b18-15+,22-11?. The second kappa shape index (κ2) is 8.39. The summed E-state index contributed by atoms with van der Waals surface area (Å²) in [6.07, 6.45) is 0.994. The van der Waals surface area contributed by atoms with Crippen molar-refractivity contribution in [2.24, 2.45) is 4.99 Å². The lowest BCUT2D eigenvalue weighted by molar-refractivity contribution is -0.137. The second-order valence-electron chi connectivity index (χ2n) is 5.95. The highest BCUT2D eigenvalue weighted by atomic mass is 16.5. The van der Waals surface area contributed by atoms with E-state index >= 15 is 0 Å². The second-order valence-corrected chi connectivity index (χ2v) is 5.95. The molecule has 0 bridgehead atoms. The van der Waals surface area contributed by atoms with Crippen LogP contribution in [-0.2, 0) is 9.53 Å². The molecule has 1 aromatic carbocycles. The average Bonchev–Trinajstić information content (AvgIpc) is 2.69. The molecule has 0 fully saturated rings. The van der Waals surface area contributed by atoms with Gasteiger partial charge in [0.1, 0.15) is 33.7 Å². The van der Waals surface area contributed by atoms with Crippen molar-refractivity contribution in [3.63, 3.8) is 0 Å². The predicted octanol–water partition coefficient (Wildman–Crippen LogP) is 3.29. The minimum Gasteiger partial charge on any atom is -0.506 e. The number of hydrogen-bond acceptors (Lipinski definition) is 8. The SMILES string of the molecule is CCOC(=O)/C(C=Nc1cc2c(=O)oc(C)cc2oc1=O)=C(/O)c1ccccc1. The molecule has 148 valence electrons. The number of carbonyl (C=O) groups is 1. The average molecular weight is 395 g/mol. The van der Waals surface area contributed by atoms with E-state index in [2.05, 4.69) is 4.99 Å². The van der Waals surface area contributed by atoms with Crippen LogP contribution in [0.3, 0.4) is 0 Å². The molecule has 29 heavy (non-hydrogen) atoms. The van der Waals surface area contributed by atoms with E-state index < -0.39 is 17.2 Å². The number of ether oxygens (including phenoxy) is 1. The summed E-state index contributed by atoms with van der Waals surface area (Å²) < 4.78 is 15.1. The van der Waals surface area contributed by atoms with Gasteiger partial charge in [0.15, 0.2) is 0 Å². The van der Waals surface area contributed by atoms with Gasteiger partial charge in [-0.1, -0.05) is 30.3 Å². The van der Waals surface area contributed by atoms with Crippen LogP contribution in [0.1, 0.15) is 18.2 Å². The van der Waals surface area contributed by atoms with Gasteiger partial charge in [0.25, 0.3) is 0 Å². The van der Waals surface area contributed by atoms with Crippen LogP contribution >= 0.6 is 0 Å². The Morgan fingerprint density at radius 3 is 2.55 bits per heavy atom. The first-order chi connectivity index (χ1) is 13.9. The highest BCUT2D eigenvalue weighted by molar-refractivity contribution is 6.15. The van der Waals surface area contributed by atoms with Gasteiger partial charge in [0.2, 0.25) is 0 Å². The molecule has 0 aliphatic rings. The van der Waals surface area contributed by atoms with Crippen molar-refractivity contribution in [2.45, 2.75) is 13.8 Å². The lowest BCUT2D eigenvalue weighted by Crippen LogP contribution is -2.12. The van der Waals surface area contributed by atoms with Crippen LogP contribution in [0.25, 0.3) is 16.7 Å². The van der Waals surface area contributed by atoms with Gasteiger partial charge in [-0.3, -0.25) is 0 Å². The number of aliphatic hydroxyl groups is 1. The Hall–Kier alpha value is -3.94. The Labute approximate surface area is 164 Å². The van der Waals surface area contributed by atoms with Gasteiger partial charge in [-0.05, 0) is 19.9 Å². The fourth-order valence-corrected chi connectivity index (χ4v) is 2.55. The Morgan fingerprint density at radius 1 is 1.14 bits per heavy atom. The van der Waals surface area contributed by atoms with Gasteiger partial charge in [-0.15, -0.1) is 0 Å². The molecule has 3 aromatic rings. The zero-order chi connectivity index (χ0) is 21.0. The van der Waals surface area contributed by atoms with E-state index in [1.54, 1.807) is 44.2 Å². The number of fused-ring (bicyclic) bond motifs is 1. The maximum atomic E-state index is 12.3. The summed E-state index contributed by atoms with van der Waals surface area (Å²) >= 11 is 0.